The van der Waals surface area contributed by atoms with E-state index in [-0.39, 0.29) is 6.10 Å². The molecule has 6 nitrogen and oxygen atoms in total. The lowest BCUT2D eigenvalue weighted by molar-refractivity contribution is 0.0948. The van der Waals surface area contributed by atoms with Crippen LogP contribution in [0.2, 0.25) is 0 Å². The van der Waals surface area contributed by atoms with E-state index >= 15 is 0 Å². The highest BCUT2D eigenvalue weighted by molar-refractivity contribution is 5.30. The molecule has 0 radical (unpaired) electrons. The van der Waals surface area contributed by atoms with Gasteiger partial charge >= 0.3 is 0 Å². The lowest BCUT2D eigenvalue weighted by Crippen LogP contribution is -2.30. The average molecular weight is 509 g/mol. The van der Waals surface area contributed by atoms with Crippen LogP contribution in [-0.2, 0) is 29.0 Å². The first-order valence-electron chi connectivity index (χ1n) is 14.5. The fourth-order valence-corrected chi connectivity index (χ4v) is 5.55. The van der Waals surface area contributed by atoms with Crippen molar-refractivity contribution < 1.29 is 9.47 Å². The largest absolute Gasteiger partial charge is 0.381 e. The Hall–Kier alpha value is -1.86. The summed E-state index contributed by atoms with van der Waals surface area (Å²) in [4.78, 5) is 10.0. The maximum absolute atomic E-state index is 6.32. The van der Waals surface area contributed by atoms with Crippen molar-refractivity contribution in [3.05, 3.63) is 58.2 Å². The van der Waals surface area contributed by atoms with Crippen molar-refractivity contribution in [2.75, 3.05) is 19.8 Å². The summed E-state index contributed by atoms with van der Waals surface area (Å²) >= 11 is 0. The predicted molar refractivity (Wildman–Crippen MR) is 150 cm³/mol. The molecule has 6 heteroatoms. The van der Waals surface area contributed by atoms with E-state index < -0.39 is 0 Å². The number of aromatic nitrogens is 2. The van der Waals surface area contributed by atoms with E-state index in [1.165, 1.54) is 28.2 Å². The van der Waals surface area contributed by atoms with Gasteiger partial charge < -0.3 is 20.1 Å². The van der Waals surface area contributed by atoms with Crippen molar-refractivity contribution in [1.29, 1.82) is 0 Å². The van der Waals surface area contributed by atoms with Gasteiger partial charge in [-0.1, -0.05) is 46.8 Å². The van der Waals surface area contributed by atoms with Crippen molar-refractivity contribution >= 4 is 0 Å². The fourth-order valence-electron chi connectivity index (χ4n) is 5.55. The van der Waals surface area contributed by atoms with Crippen LogP contribution in [-0.4, -0.2) is 48.0 Å². The molecule has 4 rings (SSSR count). The second-order valence-electron chi connectivity index (χ2n) is 11.6. The van der Waals surface area contributed by atoms with Crippen LogP contribution in [0.15, 0.2) is 24.3 Å². The molecular formula is C31H48N4O2. The number of aryl methyl sites for hydroxylation is 1. The molecule has 2 saturated heterocycles. The van der Waals surface area contributed by atoms with Gasteiger partial charge in [-0.25, -0.2) is 0 Å². The predicted octanol–water partition coefficient (Wildman–Crippen LogP) is 5.61. The molecule has 3 unspecified atom stereocenters. The number of hydrogen-bond acceptors (Lipinski definition) is 6. The summed E-state index contributed by atoms with van der Waals surface area (Å²) in [5.74, 6) is 1.31. The van der Waals surface area contributed by atoms with Crippen molar-refractivity contribution in [3.8, 4) is 0 Å². The van der Waals surface area contributed by atoms with E-state index in [9.17, 15) is 0 Å². The van der Waals surface area contributed by atoms with Crippen molar-refractivity contribution in [3.63, 3.8) is 0 Å². The van der Waals surface area contributed by atoms with Crippen LogP contribution in [0.25, 0.3) is 0 Å². The Balaban J connectivity index is 1.35. The topological polar surface area (TPSA) is 68.3 Å². The number of nitrogens with one attached hydrogen (secondary N) is 2. The van der Waals surface area contributed by atoms with Gasteiger partial charge in [0.1, 0.15) is 0 Å². The molecule has 0 bridgehead atoms. The highest BCUT2D eigenvalue weighted by atomic mass is 16.5. The first-order valence-corrected chi connectivity index (χ1v) is 14.5. The molecule has 0 saturated carbocycles. The minimum atomic E-state index is 0.265. The number of pyridine rings is 2. The van der Waals surface area contributed by atoms with Gasteiger partial charge in [0, 0.05) is 55.0 Å². The van der Waals surface area contributed by atoms with Gasteiger partial charge in [-0.2, -0.15) is 0 Å². The summed E-state index contributed by atoms with van der Waals surface area (Å²) in [5, 5.41) is 7.33. The summed E-state index contributed by atoms with van der Waals surface area (Å²) in [7, 11) is 0. The summed E-state index contributed by atoms with van der Waals surface area (Å²) in [5.41, 5.74) is 7.41. The minimum absolute atomic E-state index is 0.265. The standard InChI is InChI=1S/C31H48N4O2/c1-7-25-8-9-27(23-12-13-36-18-23)30(34-25)17-33-22(6)14-26-15-24(19-37-26)28-10-11-29(20(2)3)35-31(28)16-32-21(4)5/h8-11,20-24,26,32-33H,7,12-19H2,1-6H3/t22?,23-,24?,26?/m0/s1. The lowest BCUT2D eigenvalue weighted by atomic mass is 9.92. The molecule has 4 heterocycles. The van der Waals surface area contributed by atoms with Crippen LogP contribution in [0, 0.1) is 0 Å². The molecule has 0 spiro atoms. The SMILES string of the molecule is CCc1ccc([C@H]2CCOC2)c(CNC(C)CC2CC(c3ccc(C(C)C)nc3CNC(C)C)CO2)n1. The van der Waals surface area contributed by atoms with Gasteiger partial charge in [0.15, 0.2) is 0 Å². The van der Waals surface area contributed by atoms with Gasteiger partial charge in [-0.15, -0.1) is 0 Å². The van der Waals surface area contributed by atoms with E-state index in [2.05, 4.69) is 76.4 Å². The summed E-state index contributed by atoms with van der Waals surface area (Å²) in [6, 6.07) is 9.76. The zero-order chi connectivity index (χ0) is 26.4. The number of nitrogens with zero attached hydrogens (tertiary/aromatic N) is 2. The van der Waals surface area contributed by atoms with Gasteiger partial charge in [0.05, 0.1) is 30.7 Å². The average Bonchev–Trinajstić information content (AvgIpc) is 3.58. The molecule has 204 valence electrons. The fraction of sp³-hybridized carbons (Fsp3) is 0.677. The third-order valence-electron chi connectivity index (χ3n) is 7.85. The third kappa shape index (κ3) is 7.60. The second-order valence-corrected chi connectivity index (χ2v) is 11.6. The van der Waals surface area contributed by atoms with E-state index in [1.54, 1.807) is 0 Å². The lowest BCUT2D eigenvalue weighted by Gasteiger charge is -2.20. The summed E-state index contributed by atoms with van der Waals surface area (Å²) in [6.07, 6.45) is 4.37. The Bertz CT molecular complexity index is 1000. The first kappa shape index (κ1) is 28.2. The number of ether oxygens (including phenoxy) is 2. The summed E-state index contributed by atoms with van der Waals surface area (Å²) < 4.78 is 12.0. The highest BCUT2D eigenvalue weighted by Crippen LogP contribution is 2.34. The van der Waals surface area contributed by atoms with Crippen LogP contribution in [0.4, 0.5) is 0 Å². The van der Waals surface area contributed by atoms with Crippen molar-refractivity contribution in [2.24, 2.45) is 0 Å². The molecule has 37 heavy (non-hydrogen) atoms. The molecule has 4 atom stereocenters. The molecule has 0 amide bonds. The molecule has 2 aliphatic rings. The van der Waals surface area contributed by atoms with Crippen molar-refractivity contribution in [1.82, 2.24) is 20.6 Å². The van der Waals surface area contributed by atoms with Gasteiger partial charge in [0.25, 0.3) is 0 Å². The van der Waals surface area contributed by atoms with E-state index in [0.717, 1.165) is 64.3 Å². The Labute approximate surface area is 224 Å². The molecule has 2 N–H and O–H groups in total. The molecule has 2 aromatic heterocycles. The zero-order valence-corrected chi connectivity index (χ0v) is 23.8. The number of hydrogen-bond donors (Lipinski definition) is 2. The van der Waals surface area contributed by atoms with Crippen LogP contribution in [0.3, 0.4) is 0 Å². The highest BCUT2D eigenvalue weighted by Gasteiger charge is 2.30. The van der Waals surface area contributed by atoms with E-state index in [4.69, 9.17) is 19.4 Å². The molecular weight excluding hydrogens is 460 g/mol. The molecule has 2 aliphatic heterocycles. The number of rotatable bonds is 12. The van der Waals surface area contributed by atoms with E-state index in [0.29, 0.717) is 29.8 Å². The third-order valence-corrected chi connectivity index (χ3v) is 7.85. The van der Waals surface area contributed by atoms with E-state index in [1.807, 2.05) is 0 Å². The normalized spacial score (nSPS) is 22.9. The minimum Gasteiger partial charge on any atom is -0.381 e. The van der Waals surface area contributed by atoms with Gasteiger partial charge in [0.2, 0.25) is 0 Å². The Kier molecular flexibility index (Phi) is 10.1. The van der Waals surface area contributed by atoms with Crippen LogP contribution < -0.4 is 10.6 Å². The Morgan fingerprint density at radius 3 is 2.32 bits per heavy atom. The molecule has 0 aliphatic carbocycles. The maximum atomic E-state index is 6.32. The molecule has 2 aromatic rings. The monoisotopic (exact) mass is 508 g/mol. The van der Waals surface area contributed by atoms with Crippen molar-refractivity contribution in [2.45, 2.75) is 116 Å². The Morgan fingerprint density at radius 2 is 1.62 bits per heavy atom. The van der Waals surface area contributed by atoms with Crippen LogP contribution >= 0.6 is 0 Å². The quantitative estimate of drug-likeness (QED) is 0.389. The smallest absolute Gasteiger partial charge is 0.0596 e. The summed E-state index contributed by atoms with van der Waals surface area (Å²) in [6.45, 7) is 17.3. The molecule has 2 fully saturated rings. The van der Waals surface area contributed by atoms with Gasteiger partial charge in [-0.3, -0.25) is 9.97 Å². The molecule has 0 aromatic carbocycles. The van der Waals surface area contributed by atoms with Crippen LogP contribution in [0.1, 0.15) is 112 Å². The maximum Gasteiger partial charge on any atom is 0.0596 e. The zero-order valence-electron chi connectivity index (χ0n) is 23.8. The van der Waals surface area contributed by atoms with Gasteiger partial charge in [-0.05, 0) is 61.8 Å². The first-order chi connectivity index (χ1) is 17.8. The van der Waals surface area contributed by atoms with Crippen LogP contribution in [0.5, 0.6) is 0 Å². The second kappa shape index (κ2) is 13.3. The Morgan fingerprint density at radius 1 is 0.892 bits per heavy atom.